The highest BCUT2D eigenvalue weighted by Crippen LogP contribution is 2.30. The highest BCUT2D eigenvalue weighted by Gasteiger charge is 2.29. The molecule has 11 heteroatoms. The summed E-state index contributed by atoms with van der Waals surface area (Å²) < 4.78 is 7.08. The number of aryl methyl sites for hydroxylation is 1. The number of ether oxygens (including phenoxy) is 1. The summed E-state index contributed by atoms with van der Waals surface area (Å²) in [4.78, 5) is 56.0. The number of nitrogens with two attached hydrogens (primary N) is 1. The number of benzene rings is 2. The highest BCUT2D eigenvalue weighted by atomic mass is 16.5. The number of rotatable bonds is 6. The lowest BCUT2D eigenvalue weighted by Gasteiger charge is -2.24. The predicted molar refractivity (Wildman–Crippen MR) is 166 cm³/mol. The molecular weight excluding hydrogens is 548 g/mol. The van der Waals surface area contributed by atoms with Crippen LogP contribution in [0.3, 0.4) is 0 Å². The van der Waals surface area contributed by atoms with E-state index in [0.29, 0.717) is 25.2 Å². The summed E-state index contributed by atoms with van der Waals surface area (Å²) in [7, 11) is 3.28. The summed E-state index contributed by atoms with van der Waals surface area (Å²) >= 11 is 0. The number of hydrogen-bond acceptors (Lipinski definition) is 6. The first-order valence-corrected chi connectivity index (χ1v) is 14.4. The lowest BCUT2D eigenvalue weighted by atomic mass is 10.0. The largest absolute Gasteiger partial charge is 0.467 e. The molecule has 4 rings (SSSR count). The molecule has 2 aromatic carbocycles. The number of carbonyl (C=O) groups excluding carboxylic acids is 4. The van der Waals surface area contributed by atoms with Crippen molar-refractivity contribution in [1.82, 2.24) is 20.5 Å². The maximum absolute atomic E-state index is 13.6. The number of carbonyl (C=O) groups is 4. The van der Waals surface area contributed by atoms with Gasteiger partial charge in [0.2, 0.25) is 17.7 Å². The molecule has 1 aliphatic rings. The third-order valence-electron chi connectivity index (χ3n) is 7.61. The fraction of sp³-hybridized carbons (Fsp3) is 0.406. The lowest BCUT2D eigenvalue weighted by molar-refractivity contribution is -0.145. The van der Waals surface area contributed by atoms with Crippen molar-refractivity contribution in [3.05, 3.63) is 59.7 Å². The smallest absolute Gasteiger partial charge is 0.328 e. The van der Waals surface area contributed by atoms with Gasteiger partial charge in [-0.3, -0.25) is 19.4 Å². The summed E-state index contributed by atoms with van der Waals surface area (Å²) in [6.07, 6.45) is 5.58. The van der Waals surface area contributed by atoms with E-state index in [4.69, 9.17) is 10.5 Å². The second-order valence-corrected chi connectivity index (χ2v) is 10.9. The Morgan fingerprint density at radius 2 is 1.70 bits per heavy atom. The van der Waals surface area contributed by atoms with Crippen molar-refractivity contribution in [1.29, 1.82) is 0 Å². The second kappa shape index (κ2) is 14.0. The molecule has 1 aromatic heterocycles. The zero-order chi connectivity index (χ0) is 31.1. The molecule has 0 aliphatic carbocycles. The molecule has 4 bridgehead atoms. The fourth-order valence-corrected chi connectivity index (χ4v) is 5.43. The van der Waals surface area contributed by atoms with Crippen molar-refractivity contribution < 1.29 is 23.9 Å². The van der Waals surface area contributed by atoms with Crippen molar-refractivity contribution >= 4 is 51.3 Å². The molecule has 3 amide bonds. The molecule has 0 spiro atoms. The van der Waals surface area contributed by atoms with Gasteiger partial charge in [0.25, 0.3) is 0 Å². The molecule has 5 N–H and O–H groups in total. The van der Waals surface area contributed by atoms with Gasteiger partial charge in [0.05, 0.1) is 12.9 Å². The molecule has 228 valence electrons. The summed E-state index contributed by atoms with van der Waals surface area (Å²) in [5, 5.41) is 10.4. The molecule has 0 radical (unpaired) electrons. The molecule has 3 aromatic rings. The van der Waals surface area contributed by atoms with Crippen molar-refractivity contribution in [3.63, 3.8) is 0 Å². The number of nitrogens with one attached hydrogen (secondary N) is 3. The number of allylic oxidation sites excluding steroid dienone is 1. The van der Waals surface area contributed by atoms with Gasteiger partial charge in [-0.1, -0.05) is 24.3 Å². The van der Waals surface area contributed by atoms with Gasteiger partial charge >= 0.3 is 5.97 Å². The van der Waals surface area contributed by atoms with Gasteiger partial charge in [-0.25, -0.2) is 4.79 Å². The van der Waals surface area contributed by atoms with Crippen molar-refractivity contribution in [2.45, 2.75) is 64.1 Å². The Morgan fingerprint density at radius 1 is 1.02 bits per heavy atom. The first-order valence-electron chi connectivity index (χ1n) is 14.4. The topological polar surface area (TPSA) is 157 Å². The number of nitrogens with zero attached hydrogens (tertiary/aromatic N) is 2. The van der Waals surface area contributed by atoms with Gasteiger partial charge in [0.1, 0.15) is 18.1 Å². The van der Waals surface area contributed by atoms with Crippen LogP contribution in [0, 0.1) is 0 Å². The molecule has 3 atom stereocenters. The van der Waals surface area contributed by atoms with E-state index in [1.807, 2.05) is 31.3 Å². The van der Waals surface area contributed by atoms with Crippen LogP contribution in [0.4, 0.5) is 0 Å². The Kier molecular flexibility index (Phi) is 10.2. The maximum atomic E-state index is 13.6. The molecular formula is C32H40N6O5. The number of amides is 3. The van der Waals surface area contributed by atoms with Crippen LogP contribution in [-0.2, 0) is 43.8 Å². The van der Waals surface area contributed by atoms with Crippen LogP contribution in [0.2, 0.25) is 0 Å². The van der Waals surface area contributed by atoms with Crippen molar-refractivity contribution in [2.24, 2.45) is 17.8 Å². The fourth-order valence-electron chi connectivity index (χ4n) is 5.43. The minimum absolute atomic E-state index is 0.212. The Morgan fingerprint density at radius 3 is 2.35 bits per heavy atom. The Balaban J connectivity index is 1.75. The van der Waals surface area contributed by atoms with Crippen LogP contribution in [0.25, 0.3) is 21.8 Å². The third-order valence-corrected chi connectivity index (χ3v) is 7.61. The Bertz CT molecular complexity index is 1590. The third kappa shape index (κ3) is 7.79. The standard InChI is InChI=1S/C32H40N6O5/c1-19(33)34-15-7-10-25-30(40)37-26(32(42)43-4)9-6-5-8-21-11-13-28-23(16-21)24-17-22(12-14-29(24)38(28)3)18-27(31(41)36-25)35-20(2)39/h5-6,11-14,16-17,25-27H,7-10,15,18H2,1-4H3,(H2,33,34)(H,35,39)(H,36,41)(H,37,40)/b6-5+/t25-,26+,27?/m1/s1. The molecule has 0 fully saturated rings. The van der Waals surface area contributed by atoms with Crippen LogP contribution in [0.5, 0.6) is 0 Å². The zero-order valence-electron chi connectivity index (χ0n) is 25.1. The first-order chi connectivity index (χ1) is 20.6. The van der Waals surface area contributed by atoms with Crippen LogP contribution >= 0.6 is 0 Å². The number of aliphatic imine (C=N–C) groups is 1. The Labute approximate surface area is 250 Å². The molecule has 0 saturated carbocycles. The highest BCUT2D eigenvalue weighted by molar-refractivity contribution is 6.08. The van der Waals surface area contributed by atoms with Gasteiger partial charge in [-0.15, -0.1) is 0 Å². The number of aromatic nitrogens is 1. The zero-order valence-corrected chi connectivity index (χ0v) is 25.1. The van der Waals surface area contributed by atoms with Gasteiger partial charge in [-0.2, -0.15) is 0 Å². The van der Waals surface area contributed by atoms with E-state index in [1.54, 1.807) is 6.92 Å². The molecule has 1 unspecified atom stereocenters. The average Bonchev–Trinajstić information content (AvgIpc) is 3.24. The maximum Gasteiger partial charge on any atom is 0.328 e. The summed E-state index contributed by atoms with van der Waals surface area (Å²) in [6.45, 7) is 3.39. The molecule has 11 nitrogen and oxygen atoms in total. The monoisotopic (exact) mass is 588 g/mol. The van der Waals surface area contributed by atoms with Crippen molar-refractivity contribution in [3.8, 4) is 0 Å². The predicted octanol–water partition coefficient (Wildman–Crippen LogP) is 2.18. The Hall–Kier alpha value is -4.67. The van der Waals surface area contributed by atoms with E-state index >= 15 is 0 Å². The number of methoxy groups -OCH3 is 1. The van der Waals surface area contributed by atoms with E-state index < -0.39 is 35.9 Å². The number of hydrogen-bond donors (Lipinski definition) is 4. The molecule has 1 aliphatic heterocycles. The van der Waals surface area contributed by atoms with E-state index in [1.165, 1.54) is 14.0 Å². The van der Waals surface area contributed by atoms with Gasteiger partial charge in [0, 0.05) is 48.7 Å². The van der Waals surface area contributed by atoms with Crippen LogP contribution in [0.15, 0.2) is 53.5 Å². The van der Waals surface area contributed by atoms with Gasteiger partial charge < -0.3 is 31.0 Å². The SMILES string of the molecule is COC(=O)[C@@H]1C/C=C/Cc2ccc3c(c2)c2cc(ccc2n3C)CC(NC(C)=O)C(=O)N[C@H](CCCN=C(C)N)C(=O)N1. The lowest BCUT2D eigenvalue weighted by Crippen LogP contribution is -2.56. The quantitative estimate of drug-likeness (QED) is 0.114. The van der Waals surface area contributed by atoms with Crippen molar-refractivity contribution in [2.75, 3.05) is 13.7 Å². The molecule has 2 heterocycles. The van der Waals surface area contributed by atoms with Crippen LogP contribution in [0.1, 0.15) is 44.2 Å². The first kappa shape index (κ1) is 31.3. The average molecular weight is 589 g/mol. The summed E-state index contributed by atoms with van der Waals surface area (Å²) in [5.74, 6) is -1.59. The summed E-state index contributed by atoms with van der Waals surface area (Å²) in [6, 6.07) is 9.47. The minimum Gasteiger partial charge on any atom is -0.467 e. The number of amidine groups is 1. The van der Waals surface area contributed by atoms with E-state index in [-0.39, 0.29) is 25.2 Å². The second-order valence-electron chi connectivity index (χ2n) is 10.9. The number of fused-ring (bicyclic) bond motifs is 2. The normalized spacial score (nSPS) is 20.9. The molecule has 0 saturated heterocycles. The molecule has 43 heavy (non-hydrogen) atoms. The van der Waals surface area contributed by atoms with Crippen LogP contribution in [-0.4, -0.2) is 65.9 Å². The van der Waals surface area contributed by atoms with Gasteiger partial charge in [-0.05, 0) is 68.0 Å². The van der Waals surface area contributed by atoms with E-state index in [0.717, 1.165) is 32.9 Å². The minimum atomic E-state index is -0.983. The van der Waals surface area contributed by atoms with Gasteiger partial charge in [0.15, 0.2) is 0 Å². The number of esters is 1. The van der Waals surface area contributed by atoms with E-state index in [2.05, 4.69) is 49.8 Å². The summed E-state index contributed by atoms with van der Waals surface area (Å²) in [5.41, 5.74) is 9.73. The van der Waals surface area contributed by atoms with Crippen LogP contribution < -0.4 is 21.7 Å². The van der Waals surface area contributed by atoms with E-state index in [9.17, 15) is 19.2 Å².